The summed E-state index contributed by atoms with van der Waals surface area (Å²) in [4.78, 5) is 15.1. The van der Waals surface area contributed by atoms with E-state index in [0.29, 0.717) is 5.84 Å². The van der Waals surface area contributed by atoms with Crippen LogP contribution in [-0.4, -0.2) is 37.7 Å². The van der Waals surface area contributed by atoms with E-state index < -0.39 is 0 Å². The smallest absolute Gasteiger partial charge is 0.286 e. The third kappa shape index (κ3) is 2.45. The van der Waals surface area contributed by atoms with Gasteiger partial charge in [-0.15, -0.1) is 0 Å². The molecule has 14 heavy (non-hydrogen) atoms. The molecule has 0 spiro atoms. The number of nitrogens with one attached hydrogen (secondary N) is 3. The molecule has 6 nitrogen and oxygen atoms in total. The van der Waals surface area contributed by atoms with Crippen molar-refractivity contribution >= 4 is 17.5 Å². The lowest BCUT2D eigenvalue weighted by Crippen LogP contribution is -2.47. The highest BCUT2D eigenvalue weighted by atomic mass is 16.2. The Kier molecular flexibility index (Phi) is 3.44. The SMILES string of the molecule is CN=C(NC1CC(C)=NN1)C(=O)NC. The number of rotatable bonds is 1. The van der Waals surface area contributed by atoms with Gasteiger partial charge >= 0.3 is 0 Å². The molecule has 1 unspecified atom stereocenters. The number of carbonyl (C=O) groups is 1. The Hall–Kier alpha value is -1.59. The second-order valence-electron chi connectivity index (χ2n) is 3.03. The average Bonchev–Trinajstić information content (AvgIpc) is 2.59. The standard InChI is InChI=1S/C8H15N5O/c1-5-4-6(13-12-5)11-7(9-2)8(14)10-3/h6,13H,4H2,1-3H3,(H,9,11)(H,10,14). The zero-order valence-corrected chi connectivity index (χ0v) is 8.59. The van der Waals surface area contributed by atoms with Gasteiger partial charge in [-0.1, -0.05) is 0 Å². The van der Waals surface area contributed by atoms with Gasteiger partial charge in [0, 0.05) is 26.2 Å². The fourth-order valence-corrected chi connectivity index (χ4v) is 1.17. The molecule has 1 heterocycles. The first-order chi connectivity index (χ1) is 6.67. The van der Waals surface area contributed by atoms with E-state index in [4.69, 9.17) is 0 Å². The monoisotopic (exact) mass is 197 g/mol. The third-order valence-corrected chi connectivity index (χ3v) is 1.89. The molecule has 1 amide bonds. The van der Waals surface area contributed by atoms with E-state index in [-0.39, 0.29) is 12.1 Å². The van der Waals surface area contributed by atoms with E-state index >= 15 is 0 Å². The lowest BCUT2D eigenvalue weighted by molar-refractivity contribution is -0.114. The molecule has 0 saturated heterocycles. The molecule has 0 fully saturated rings. The van der Waals surface area contributed by atoms with Crippen molar-refractivity contribution in [1.29, 1.82) is 0 Å². The number of hydrogen-bond donors (Lipinski definition) is 3. The Bertz CT molecular complexity index is 283. The molecule has 0 radical (unpaired) electrons. The predicted molar refractivity (Wildman–Crippen MR) is 55.2 cm³/mol. The molecule has 1 rings (SSSR count). The number of hydrazone groups is 1. The largest absolute Gasteiger partial charge is 0.352 e. The quantitative estimate of drug-likeness (QED) is 0.374. The Morgan fingerprint density at radius 1 is 1.71 bits per heavy atom. The van der Waals surface area contributed by atoms with Crippen LogP contribution < -0.4 is 16.1 Å². The van der Waals surface area contributed by atoms with Gasteiger partial charge in [-0.2, -0.15) is 5.10 Å². The molecule has 0 aromatic heterocycles. The number of likely N-dealkylation sites (N-methyl/N-ethyl adjacent to an activating group) is 1. The van der Waals surface area contributed by atoms with Crippen molar-refractivity contribution in [3.05, 3.63) is 0 Å². The van der Waals surface area contributed by atoms with Crippen molar-refractivity contribution in [2.45, 2.75) is 19.5 Å². The second-order valence-corrected chi connectivity index (χ2v) is 3.03. The molecule has 3 N–H and O–H groups in total. The van der Waals surface area contributed by atoms with Gasteiger partial charge in [-0.25, -0.2) is 0 Å². The van der Waals surface area contributed by atoms with Gasteiger partial charge in [0.2, 0.25) is 0 Å². The van der Waals surface area contributed by atoms with Crippen molar-refractivity contribution in [3.8, 4) is 0 Å². The topological polar surface area (TPSA) is 77.9 Å². The second kappa shape index (κ2) is 4.59. The van der Waals surface area contributed by atoms with Gasteiger partial charge in [0.1, 0.15) is 6.17 Å². The van der Waals surface area contributed by atoms with E-state index in [2.05, 4.69) is 26.2 Å². The van der Waals surface area contributed by atoms with E-state index in [0.717, 1.165) is 12.1 Å². The van der Waals surface area contributed by atoms with Crippen LogP contribution in [0.3, 0.4) is 0 Å². The van der Waals surface area contributed by atoms with Gasteiger partial charge in [-0.05, 0) is 6.92 Å². The minimum atomic E-state index is -0.223. The average molecular weight is 197 g/mol. The number of aliphatic imine (C=N–C) groups is 1. The summed E-state index contributed by atoms with van der Waals surface area (Å²) in [5, 5.41) is 9.47. The molecule has 78 valence electrons. The minimum absolute atomic E-state index is 0.0361. The number of amidine groups is 1. The molecule has 0 aromatic carbocycles. The molecule has 0 bridgehead atoms. The molecule has 1 atom stereocenters. The van der Waals surface area contributed by atoms with E-state index in [1.54, 1.807) is 14.1 Å². The maximum absolute atomic E-state index is 11.2. The number of hydrogen-bond acceptors (Lipinski definition) is 4. The van der Waals surface area contributed by atoms with Gasteiger partial charge in [-0.3, -0.25) is 15.2 Å². The summed E-state index contributed by atoms with van der Waals surface area (Å²) in [5.41, 5.74) is 3.88. The van der Waals surface area contributed by atoms with Gasteiger partial charge in [0.15, 0.2) is 5.84 Å². The molecule has 1 aliphatic heterocycles. The van der Waals surface area contributed by atoms with Crippen molar-refractivity contribution in [1.82, 2.24) is 16.1 Å². The van der Waals surface area contributed by atoms with Crippen LogP contribution in [0.15, 0.2) is 10.1 Å². The van der Waals surface area contributed by atoms with Gasteiger partial charge in [0.25, 0.3) is 5.91 Å². The van der Waals surface area contributed by atoms with Crippen LogP contribution >= 0.6 is 0 Å². The number of carbonyl (C=O) groups excluding carboxylic acids is 1. The highest BCUT2D eigenvalue weighted by Crippen LogP contribution is 1.99. The van der Waals surface area contributed by atoms with Gasteiger partial charge < -0.3 is 10.6 Å². The lowest BCUT2D eigenvalue weighted by Gasteiger charge is -2.14. The number of nitrogens with zero attached hydrogens (tertiary/aromatic N) is 2. The molecule has 0 aromatic rings. The van der Waals surface area contributed by atoms with E-state index in [1.807, 2.05) is 6.92 Å². The predicted octanol–water partition coefficient (Wildman–Crippen LogP) is -0.954. The Morgan fingerprint density at radius 2 is 2.43 bits per heavy atom. The Morgan fingerprint density at radius 3 is 2.86 bits per heavy atom. The highest BCUT2D eigenvalue weighted by molar-refractivity contribution is 6.37. The summed E-state index contributed by atoms with van der Waals surface area (Å²) in [7, 11) is 3.14. The summed E-state index contributed by atoms with van der Waals surface area (Å²) in [6.45, 7) is 1.93. The van der Waals surface area contributed by atoms with Crippen LogP contribution in [-0.2, 0) is 4.79 Å². The van der Waals surface area contributed by atoms with Crippen molar-refractivity contribution in [2.75, 3.05) is 14.1 Å². The molecule has 6 heteroatoms. The summed E-state index contributed by atoms with van der Waals surface area (Å²) in [5.74, 6) is 0.0914. The van der Waals surface area contributed by atoms with E-state index in [9.17, 15) is 4.79 Å². The lowest BCUT2D eigenvalue weighted by atomic mass is 10.2. The van der Waals surface area contributed by atoms with Crippen LogP contribution in [0.4, 0.5) is 0 Å². The van der Waals surface area contributed by atoms with Crippen molar-refractivity contribution in [2.24, 2.45) is 10.1 Å². The highest BCUT2D eigenvalue weighted by Gasteiger charge is 2.18. The molecular weight excluding hydrogens is 182 g/mol. The summed E-state index contributed by atoms with van der Waals surface area (Å²) < 4.78 is 0. The first-order valence-electron chi connectivity index (χ1n) is 4.41. The first-order valence-corrected chi connectivity index (χ1v) is 4.41. The molecule has 0 saturated carbocycles. The summed E-state index contributed by atoms with van der Waals surface area (Å²) in [6, 6.07) is 0. The Labute approximate surface area is 82.9 Å². The van der Waals surface area contributed by atoms with Crippen LogP contribution in [0.5, 0.6) is 0 Å². The zero-order valence-electron chi connectivity index (χ0n) is 8.59. The molecule has 1 aliphatic rings. The zero-order chi connectivity index (χ0) is 10.6. The fraction of sp³-hybridized carbons (Fsp3) is 0.625. The maximum atomic E-state index is 11.2. The van der Waals surface area contributed by atoms with Crippen LogP contribution in [0.1, 0.15) is 13.3 Å². The Balaban J connectivity index is 2.47. The summed E-state index contributed by atoms with van der Waals surface area (Å²) in [6.07, 6.45) is 0.738. The minimum Gasteiger partial charge on any atom is -0.352 e. The van der Waals surface area contributed by atoms with E-state index in [1.165, 1.54) is 0 Å². The van der Waals surface area contributed by atoms with Gasteiger partial charge in [0.05, 0.1) is 0 Å². The normalized spacial score (nSPS) is 21.2. The summed E-state index contributed by atoms with van der Waals surface area (Å²) >= 11 is 0. The van der Waals surface area contributed by atoms with Crippen molar-refractivity contribution in [3.63, 3.8) is 0 Å². The maximum Gasteiger partial charge on any atom is 0.286 e. The van der Waals surface area contributed by atoms with Crippen molar-refractivity contribution < 1.29 is 4.79 Å². The van der Waals surface area contributed by atoms with Crippen LogP contribution in [0, 0.1) is 0 Å². The van der Waals surface area contributed by atoms with Crippen LogP contribution in [0.25, 0.3) is 0 Å². The number of amides is 1. The first kappa shape index (κ1) is 10.5. The fourth-order valence-electron chi connectivity index (χ4n) is 1.17. The van der Waals surface area contributed by atoms with Crippen LogP contribution in [0.2, 0.25) is 0 Å². The third-order valence-electron chi connectivity index (χ3n) is 1.89. The molecular formula is C8H15N5O. The molecule has 0 aliphatic carbocycles.